The molecule has 1 spiro atoms. The predicted molar refractivity (Wildman–Crippen MR) is 103 cm³/mol. The Balaban J connectivity index is 1.53. The summed E-state index contributed by atoms with van der Waals surface area (Å²) in [6, 6.07) is 10.3. The molecule has 4 rings (SSSR count). The maximum atomic E-state index is 13.6. The van der Waals surface area contributed by atoms with Gasteiger partial charge in [-0.1, -0.05) is 12.1 Å². The van der Waals surface area contributed by atoms with Gasteiger partial charge in [-0.2, -0.15) is 5.26 Å². The maximum Gasteiger partial charge on any atom is 0.243 e. The molecule has 3 aliphatic rings. The first-order valence-electron chi connectivity index (χ1n) is 10.4. The van der Waals surface area contributed by atoms with E-state index in [2.05, 4.69) is 21.9 Å². The molecule has 3 fully saturated rings. The fourth-order valence-corrected chi connectivity index (χ4v) is 5.39. The molecule has 144 valence electrons. The number of hydrogen-bond donors (Lipinski definition) is 1. The average Bonchev–Trinajstić information content (AvgIpc) is 3.08. The van der Waals surface area contributed by atoms with Gasteiger partial charge in [-0.25, -0.2) is 0 Å². The molecule has 2 heterocycles. The molecule has 1 atom stereocenters. The Morgan fingerprint density at radius 2 is 1.89 bits per heavy atom. The number of piperidine rings is 1. The predicted octanol–water partition coefficient (Wildman–Crippen LogP) is 2.82. The van der Waals surface area contributed by atoms with E-state index in [-0.39, 0.29) is 11.6 Å². The lowest BCUT2D eigenvalue weighted by atomic mass is 9.82. The Morgan fingerprint density at radius 1 is 1.15 bits per heavy atom. The Bertz CT molecular complexity index is 735. The lowest BCUT2D eigenvalue weighted by molar-refractivity contribution is -0.152. The van der Waals surface area contributed by atoms with Crippen molar-refractivity contribution in [3.63, 3.8) is 0 Å². The second-order valence-electron chi connectivity index (χ2n) is 8.43. The molecule has 1 aromatic carbocycles. The zero-order valence-corrected chi connectivity index (χ0v) is 15.9. The van der Waals surface area contributed by atoms with Crippen LogP contribution in [0.2, 0.25) is 0 Å². The second-order valence-corrected chi connectivity index (χ2v) is 8.43. The molecule has 27 heavy (non-hydrogen) atoms. The number of carbonyl (C=O) groups excluding carboxylic acids is 1. The van der Waals surface area contributed by atoms with Crippen molar-refractivity contribution >= 4 is 5.91 Å². The third-order valence-electron chi connectivity index (χ3n) is 6.81. The summed E-state index contributed by atoms with van der Waals surface area (Å²) in [6.45, 7) is 2.54. The molecule has 1 N–H and O–H groups in total. The number of aliphatic hydroxyl groups is 1. The lowest BCUT2D eigenvalue weighted by Crippen LogP contribution is -2.62. The number of aliphatic hydroxyl groups excluding tert-OH is 1. The van der Waals surface area contributed by atoms with E-state index < -0.39 is 0 Å². The van der Waals surface area contributed by atoms with Crippen molar-refractivity contribution < 1.29 is 9.90 Å². The van der Waals surface area contributed by atoms with Crippen LogP contribution in [0.5, 0.6) is 0 Å². The minimum atomic E-state index is -0.364. The SMILES string of the molecule is N#Cc1cccc(CN2CCCC23CCCN(C2CCC(O)CC2)C3=O)c1. The van der Waals surface area contributed by atoms with Gasteiger partial charge in [-0.05, 0) is 75.6 Å². The molecule has 1 aliphatic carbocycles. The quantitative estimate of drug-likeness (QED) is 0.892. The van der Waals surface area contributed by atoms with Gasteiger partial charge in [0, 0.05) is 19.1 Å². The van der Waals surface area contributed by atoms with E-state index >= 15 is 0 Å². The first-order chi connectivity index (χ1) is 13.1. The first kappa shape index (κ1) is 18.5. The summed E-state index contributed by atoms with van der Waals surface area (Å²) in [4.78, 5) is 18.1. The van der Waals surface area contributed by atoms with Crippen LogP contribution in [0.1, 0.15) is 62.5 Å². The zero-order valence-electron chi connectivity index (χ0n) is 15.9. The Kier molecular flexibility index (Phi) is 5.21. The second kappa shape index (κ2) is 7.61. The Labute approximate surface area is 161 Å². The molecule has 1 saturated carbocycles. The number of benzene rings is 1. The van der Waals surface area contributed by atoms with Crippen molar-refractivity contribution in [2.45, 2.75) is 75.6 Å². The van der Waals surface area contributed by atoms with Crippen molar-refractivity contribution in [2.75, 3.05) is 13.1 Å². The number of hydrogen-bond acceptors (Lipinski definition) is 4. The molecule has 1 amide bonds. The number of nitrogens with zero attached hydrogens (tertiary/aromatic N) is 3. The van der Waals surface area contributed by atoms with Crippen molar-refractivity contribution in [3.05, 3.63) is 35.4 Å². The summed E-state index contributed by atoms with van der Waals surface area (Å²) < 4.78 is 0. The number of nitriles is 1. The summed E-state index contributed by atoms with van der Waals surface area (Å²) in [5, 5.41) is 19.0. The van der Waals surface area contributed by atoms with Gasteiger partial charge in [0.15, 0.2) is 0 Å². The normalized spacial score (nSPS) is 32.0. The summed E-state index contributed by atoms with van der Waals surface area (Å²) in [5.41, 5.74) is 1.43. The van der Waals surface area contributed by atoms with Gasteiger partial charge in [-0.3, -0.25) is 9.69 Å². The topological polar surface area (TPSA) is 67.6 Å². The van der Waals surface area contributed by atoms with E-state index in [1.165, 1.54) is 0 Å². The van der Waals surface area contributed by atoms with Crippen LogP contribution in [0.25, 0.3) is 0 Å². The van der Waals surface area contributed by atoms with Gasteiger partial charge in [-0.15, -0.1) is 0 Å². The van der Waals surface area contributed by atoms with E-state index in [1.54, 1.807) is 0 Å². The van der Waals surface area contributed by atoms with Crippen LogP contribution in [0.3, 0.4) is 0 Å². The van der Waals surface area contributed by atoms with Crippen LogP contribution in [-0.2, 0) is 11.3 Å². The standard InChI is InChI=1S/C22H29N3O2/c23-15-17-4-1-5-18(14-17)16-24-12-2-10-22(24)11-3-13-25(21(22)27)19-6-8-20(26)9-7-19/h1,4-5,14,19-20,26H,2-3,6-13,16H2. The number of likely N-dealkylation sites (tertiary alicyclic amines) is 2. The molecule has 0 aromatic heterocycles. The maximum absolute atomic E-state index is 13.6. The van der Waals surface area contributed by atoms with E-state index in [9.17, 15) is 9.90 Å². The zero-order chi connectivity index (χ0) is 18.9. The molecule has 2 aliphatic heterocycles. The summed E-state index contributed by atoms with van der Waals surface area (Å²) in [5.74, 6) is 0.309. The van der Waals surface area contributed by atoms with Crippen molar-refractivity contribution in [1.82, 2.24) is 9.80 Å². The van der Waals surface area contributed by atoms with Crippen LogP contribution >= 0.6 is 0 Å². The van der Waals surface area contributed by atoms with Gasteiger partial charge < -0.3 is 10.0 Å². The highest BCUT2D eigenvalue weighted by Crippen LogP contribution is 2.41. The molecule has 1 unspecified atom stereocenters. The smallest absolute Gasteiger partial charge is 0.243 e. The van der Waals surface area contributed by atoms with E-state index in [0.717, 1.165) is 76.6 Å². The summed E-state index contributed by atoms with van der Waals surface area (Å²) >= 11 is 0. The van der Waals surface area contributed by atoms with Gasteiger partial charge in [0.2, 0.25) is 5.91 Å². The third kappa shape index (κ3) is 3.49. The van der Waals surface area contributed by atoms with Gasteiger partial charge in [0.25, 0.3) is 0 Å². The molecule has 1 aromatic rings. The highest BCUT2D eigenvalue weighted by atomic mass is 16.3. The van der Waals surface area contributed by atoms with Crippen LogP contribution in [0.15, 0.2) is 24.3 Å². The van der Waals surface area contributed by atoms with Crippen molar-refractivity contribution in [1.29, 1.82) is 5.26 Å². The molecule has 5 nitrogen and oxygen atoms in total. The lowest BCUT2D eigenvalue weighted by Gasteiger charge is -2.48. The molecule has 0 radical (unpaired) electrons. The molecular weight excluding hydrogens is 338 g/mol. The average molecular weight is 367 g/mol. The summed E-state index contributed by atoms with van der Waals surface area (Å²) in [7, 11) is 0. The minimum Gasteiger partial charge on any atom is -0.393 e. The Hall–Kier alpha value is -1.90. The van der Waals surface area contributed by atoms with Crippen molar-refractivity contribution in [3.8, 4) is 6.07 Å². The van der Waals surface area contributed by atoms with E-state index in [1.807, 2.05) is 18.2 Å². The van der Waals surface area contributed by atoms with Crippen LogP contribution in [0, 0.1) is 11.3 Å². The van der Waals surface area contributed by atoms with E-state index in [4.69, 9.17) is 5.26 Å². The van der Waals surface area contributed by atoms with Gasteiger partial charge in [0.05, 0.1) is 17.7 Å². The van der Waals surface area contributed by atoms with Gasteiger partial charge >= 0.3 is 0 Å². The monoisotopic (exact) mass is 367 g/mol. The largest absolute Gasteiger partial charge is 0.393 e. The molecular formula is C22H29N3O2. The summed E-state index contributed by atoms with van der Waals surface area (Å²) in [6.07, 6.45) is 7.27. The van der Waals surface area contributed by atoms with Crippen LogP contribution in [0.4, 0.5) is 0 Å². The van der Waals surface area contributed by atoms with Crippen molar-refractivity contribution in [2.24, 2.45) is 0 Å². The first-order valence-corrected chi connectivity index (χ1v) is 10.4. The van der Waals surface area contributed by atoms with Crippen LogP contribution < -0.4 is 0 Å². The minimum absolute atomic E-state index is 0.189. The Morgan fingerprint density at radius 3 is 2.63 bits per heavy atom. The molecule has 5 heteroatoms. The van der Waals surface area contributed by atoms with Gasteiger partial charge in [0.1, 0.15) is 5.54 Å². The molecule has 0 bridgehead atoms. The fourth-order valence-electron chi connectivity index (χ4n) is 5.39. The highest BCUT2D eigenvalue weighted by Gasteiger charge is 2.51. The third-order valence-corrected chi connectivity index (χ3v) is 6.81. The number of amides is 1. The fraction of sp³-hybridized carbons (Fsp3) is 0.636. The number of rotatable bonds is 3. The van der Waals surface area contributed by atoms with Crippen LogP contribution in [-0.4, -0.2) is 51.6 Å². The van der Waals surface area contributed by atoms with E-state index in [0.29, 0.717) is 17.5 Å². The number of carbonyl (C=O) groups is 1. The molecule has 2 saturated heterocycles. The highest BCUT2D eigenvalue weighted by molar-refractivity contribution is 5.88.